The number of piperidine rings is 1. The Bertz CT molecular complexity index is 1050. The first kappa shape index (κ1) is 23.2. The summed E-state index contributed by atoms with van der Waals surface area (Å²) in [5, 5.41) is 4.03. The van der Waals surface area contributed by atoms with Gasteiger partial charge in [0.1, 0.15) is 12.4 Å². The van der Waals surface area contributed by atoms with Crippen LogP contribution in [0.1, 0.15) is 18.4 Å². The van der Waals surface area contributed by atoms with Crippen molar-refractivity contribution in [2.45, 2.75) is 17.7 Å². The van der Waals surface area contributed by atoms with Gasteiger partial charge in [0.15, 0.2) is 0 Å². The largest absolute Gasteiger partial charge is 0.490 e. The van der Waals surface area contributed by atoms with Crippen LogP contribution in [0, 0.1) is 5.92 Å². The molecule has 1 amide bonds. The maximum absolute atomic E-state index is 12.8. The lowest BCUT2D eigenvalue weighted by Crippen LogP contribution is -2.42. The van der Waals surface area contributed by atoms with Crippen molar-refractivity contribution in [3.05, 3.63) is 71.2 Å². The molecule has 2 aromatic rings. The van der Waals surface area contributed by atoms with E-state index in [4.69, 9.17) is 4.74 Å². The van der Waals surface area contributed by atoms with Gasteiger partial charge in [-0.3, -0.25) is 4.79 Å². The van der Waals surface area contributed by atoms with Gasteiger partial charge in [0.25, 0.3) is 0 Å². The Balaban J connectivity index is 1.52. The van der Waals surface area contributed by atoms with E-state index in [-0.39, 0.29) is 16.7 Å². The molecule has 1 aliphatic heterocycles. The monoisotopic (exact) mass is 505 g/mol. The minimum atomic E-state index is -3.56. The van der Waals surface area contributed by atoms with Gasteiger partial charge in [-0.1, -0.05) is 40.7 Å². The van der Waals surface area contributed by atoms with Gasteiger partial charge in [-0.15, -0.1) is 0 Å². The molecule has 0 radical (unpaired) electrons. The van der Waals surface area contributed by atoms with Crippen LogP contribution in [0.3, 0.4) is 0 Å². The highest BCUT2D eigenvalue weighted by molar-refractivity contribution is 9.10. The van der Waals surface area contributed by atoms with Gasteiger partial charge < -0.3 is 4.74 Å². The van der Waals surface area contributed by atoms with Gasteiger partial charge in [0.05, 0.1) is 11.1 Å². The first-order valence-electron chi connectivity index (χ1n) is 9.82. The number of carbonyl (C=O) groups excluding carboxylic acids is 1. The number of nitrogens with zero attached hydrogens (tertiary/aromatic N) is 2. The van der Waals surface area contributed by atoms with Gasteiger partial charge in [0, 0.05) is 23.5 Å². The van der Waals surface area contributed by atoms with Crippen LogP contribution in [0.4, 0.5) is 0 Å². The summed E-state index contributed by atoms with van der Waals surface area (Å²) < 4.78 is 33.3. The SMILES string of the molecule is C=CCOc1cccc(/C=N\NC(=O)C2CCN(S(=O)(=O)c3ccc(Br)cc3)CC2)c1. The van der Waals surface area contributed by atoms with Gasteiger partial charge in [-0.2, -0.15) is 9.41 Å². The molecule has 0 aromatic heterocycles. The average molecular weight is 506 g/mol. The van der Waals surface area contributed by atoms with Gasteiger partial charge >= 0.3 is 0 Å². The molecule has 0 aliphatic carbocycles. The van der Waals surface area contributed by atoms with Crippen LogP contribution in [-0.2, 0) is 14.8 Å². The van der Waals surface area contributed by atoms with Crippen LogP contribution in [0.25, 0.3) is 0 Å². The molecule has 0 bridgehead atoms. The second kappa shape index (κ2) is 10.7. The van der Waals surface area contributed by atoms with Gasteiger partial charge in [-0.25, -0.2) is 13.8 Å². The summed E-state index contributed by atoms with van der Waals surface area (Å²) in [4.78, 5) is 12.7. The summed E-state index contributed by atoms with van der Waals surface area (Å²) in [6, 6.07) is 13.9. The van der Waals surface area contributed by atoms with Crippen LogP contribution in [0.2, 0.25) is 0 Å². The first-order chi connectivity index (χ1) is 14.9. The maximum Gasteiger partial charge on any atom is 0.243 e. The van der Waals surface area contributed by atoms with Crippen LogP contribution in [0.5, 0.6) is 5.75 Å². The predicted octanol–water partition coefficient (Wildman–Crippen LogP) is 3.56. The lowest BCUT2D eigenvalue weighted by molar-refractivity contribution is -0.126. The zero-order valence-corrected chi connectivity index (χ0v) is 19.3. The molecule has 31 heavy (non-hydrogen) atoms. The third-order valence-electron chi connectivity index (χ3n) is 4.89. The molecule has 1 heterocycles. The van der Waals surface area contributed by atoms with Crippen LogP contribution >= 0.6 is 15.9 Å². The number of rotatable bonds is 8. The zero-order chi connectivity index (χ0) is 22.3. The van der Waals surface area contributed by atoms with E-state index >= 15 is 0 Å². The third-order valence-corrected chi connectivity index (χ3v) is 7.33. The number of hydrogen-bond donors (Lipinski definition) is 1. The number of nitrogens with one attached hydrogen (secondary N) is 1. The number of hydrazone groups is 1. The Morgan fingerprint density at radius 1 is 1.23 bits per heavy atom. The molecule has 0 saturated carbocycles. The molecule has 9 heteroatoms. The van der Waals surface area contributed by atoms with Crippen molar-refractivity contribution in [2.24, 2.45) is 11.0 Å². The quantitative estimate of drug-likeness (QED) is 0.337. The molecule has 1 aliphatic rings. The summed E-state index contributed by atoms with van der Waals surface area (Å²) >= 11 is 3.31. The summed E-state index contributed by atoms with van der Waals surface area (Å²) in [5.74, 6) is 0.196. The lowest BCUT2D eigenvalue weighted by atomic mass is 9.98. The number of amides is 1. The van der Waals surface area contributed by atoms with Crippen molar-refractivity contribution in [3.63, 3.8) is 0 Å². The molecule has 164 valence electrons. The number of carbonyl (C=O) groups is 1. The van der Waals surface area contributed by atoms with Crippen molar-refractivity contribution in [3.8, 4) is 5.75 Å². The Hall–Kier alpha value is -2.49. The van der Waals surface area contributed by atoms with Crippen molar-refractivity contribution in [1.82, 2.24) is 9.73 Å². The highest BCUT2D eigenvalue weighted by Crippen LogP contribution is 2.25. The zero-order valence-electron chi connectivity index (χ0n) is 16.9. The number of benzene rings is 2. The highest BCUT2D eigenvalue weighted by Gasteiger charge is 2.32. The highest BCUT2D eigenvalue weighted by atomic mass is 79.9. The third kappa shape index (κ3) is 6.25. The second-order valence-corrected chi connectivity index (χ2v) is 9.89. The van der Waals surface area contributed by atoms with Crippen LogP contribution < -0.4 is 10.2 Å². The van der Waals surface area contributed by atoms with Crippen molar-refractivity contribution < 1.29 is 17.9 Å². The normalized spacial score (nSPS) is 15.6. The molecule has 0 unspecified atom stereocenters. The van der Waals surface area contributed by atoms with E-state index in [1.807, 2.05) is 24.3 Å². The van der Waals surface area contributed by atoms with Crippen molar-refractivity contribution >= 4 is 38.1 Å². The van der Waals surface area contributed by atoms with E-state index in [9.17, 15) is 13.2 Å². The minimum Gasteiger partial charge on any atom is -0.490 e. The molecular weight excluding hydrogens is 482 g/mol. The average Bonchev–Trinajstić information content (AvgIpc) is 2.78. The lowest BCUT2D eigenvalue weighted by Gasteiger charge is -2.30. The molecule has 3 rings (SSSR count). The fourth-order valence-electron chi connectivity index (χ4n) is 3.22. The van der Waals surface area contributed by atoms with Crippen molar-refractivity contribution in [2.75, 3.05) is 19.7 Å². The molecule has 0 atom stereocenters. The van der Waals surface area contributed by atoms with E-state index in [0.29, 0.717) is 38.3 Å². The number of hydrogen-bond acceptors (Lipinski definition) is 5. The number of sulfonamides is 1. The maximum atomic E-state index is 12.8. The van der Waals surface area contributed by atoms with E-state index in [2.05, 4.69) is 33.0 Å². The number of ether oxygens (including phenoxy) is 1. The minimum absolute atomic E-state index is 0.212. The second-order valence-electron chi connectivity index (χ2n) is 7.04. The molecule has 1 N–H and O–H groups in total. The molecule has 1 fully saturated rings. The fourth-order valence-corrected chi connectivity index (χ4v) is 4.95. The van der Waals surface area contributed by atoms with E-state index < -0.39 is 10.0 Å². The molecule has 2 aromatic carbocycles. The fraction of sp³-hybridized carbons (Fsp3) is 0.273. The molecule has 7 nitrogen and oxygen atoms in total. The summed E-state index contributed by atoms with van der Waals surface area (Å²) in [5.41, 5.74) is 3.34. The van der Waals surface area contributed by atoms with Crippen molar-refractivity contribution in [1.29, 1.82) is 0 Å². The van der Waals surface area contributed by atoms with Gasteiger partial charge in [-0.05, 0) is 54.8 Å². The Labute approximate surface area is 191 Å². The standard InChI is InChI=1S/C22H24BrN3O4S/c1-2-14-30-20-5-3-4-17(15-20)16-24-25-22(27)18-10-12-26(13-11-18)31(28,29)21-8-6-19(23)7-9-21/h2-9,15-16,18H,1,10-14H2,(H,25,27)/b24-16-. The summed E-state index contributed by atoms with van der Waals surface area (Å²) in [6.45, 7) is 4.61. The molecular formula is C22H24BrN3O4S. The topological polar surface area (TPSA) is 88.1 Å². The van der Waals surface area contributed by atoms with Crippen LogP contribution in [0.15, 0.2) is 75.7 Å². The van der Waals surface area contributed by atoms with E-state index in [1.54, 1.807) is 36.6 Å². The first-order valence-corrected chi connectivity index (χ1v) is 12.1. The Kier molecular flexibility index (Phi) is 8.00. The van der Waals surface area contributed by atoms with Crippen LogP contribution in [-0.4, -0.2) is 44.5 Å². The Morgan fingerprint density at radius 2 is 1.94 bits per heavy atom. The summed E-state index contributed by atoms with van der Waals surface area (Å²) in [6.07, 6.45) is 4.10. The molecule has 1 saturated heterocycles. The molecule has 0 spiro atoms. The predicted molar refractivity (Wildman–Crippen MR) is 123 cm³/mol. The smallest absolute Gasteiger partial charge is 0.243 e. The Morgan fingerprint density at radius 3 is 2.61 bits per heavy atom. The number of halogens is 1. The summed E-state index contributed by atoms with van der Waals surface area (Å²) in [7, 11) is -3.56. The van der Waals surface area contributed by atoms with E-state index in [0.717, 1.165) is 10.0 Å². The van der Waals surface area contributed by atoms with Gasteiger partial charge in [0.2, 0.25) is 15.9 Å². The van der Waals surface area contributed by atoms with E-state index in [1.165, 1.54) is 4.31 Å².